The van der Waals surface area contributed by atoms with Gasteiger partial charge in [0.2, 0.25) is 0 Å². The van der Waals surface area contributed by atoms with Gasteiger partial charge in [-0.2, -0.15) is 5.10 Å². The Morgan fingerprint density at radius 2 is 2.18 bits per heavy atom. The molecule has 0 saturated heterocycles. The van der Waals surface area contributed by atoms with Gasteiger partial charge in [0.1, 0.15) is 10.3 Å². The lowest BCUT2D eigenvalue weighted by Crippen LogP contribution is -1.89. The SMILES string of the molecule is N/N=C/c1ccc(Cl)nc1Cl. The van der Waals surface area contributed by atoms with E-state index >= 15 is 0 Å². The zero-order valence-electron chi connectivity index (χ0n) is 5.46. The third-order valence-corrected chi connectivity index (χ3v) is 1.57. The molecule has 0 fully saturated rings. The van der Waals surface area contributed by atoms with Crippen molar-refractivity contribution < 1.29 is 0 Å². The van der Waals surface area contributed by atoms with E-state index in [1.807, 2.05) is 0 Å². The van der Waals surface area contributed by atoms with E-state index in [9.17, 15) is 0 Å². The van der Waals surface area contributed by atoms with Crippen LogP contribution in [0.15, 0.2) is 17.2 Å². The Morgan fingerprint density at radius 3 is 2.73 bits per heavy atom. The molecule has 0 radical (unpaired) electrons. The highest BCUT2D eigenvalue weighted by molar-refractivity contribution is 6.34. The number of hydrogen-bond donors (Lipinski definition) is 1. The lowest BCUT2D eigenvalue weighted by molar-refractivity contribution is 1.25. The van der Waals surface area contributed by atoms with Gasteiger partial charge in [0, 0.05) is 5.56 Å². The van der Waals surface area contributed by atoms with Crippen molar-refractivity contribution in [3.8, 4) is 0 Å². The summed E-state index contributed by atoms with van der Waals surface area (Å²) in [5, 5.41) is 3.95. The van der Waals surface area contributed by atoms with E-state index in [0.29, 0.717) is 15.9 Å². The van der Waals surface area contributed by atoms with Gasteiger partial charge in [0.15, 0.2) is 0 Å². The molecule has 1 aromatic heterocycles. The van der Waals surface area contributed by atoms with Crippen molar-refractivity contribution in [1.29, 1.82) is 0 Å². The topological polar surface area (TPSA) is 51.3 Å². The van der Waals surface area contributed by atoms with Gasteiger partial charge < -0.3 is 5.84 Å². The molecule has 1 rings (SSSR count). The van der Waals surface area contributed by atoms with Crippen LogP contribution in [0.25, 0.3) is 0 Å². The van der Waals surface area contributed by atoms with Gasteiger partial charge in [0.25, 0.3) is 0 Å². The second-order valence-corrected chi connectivity index (χ2v) is 2.54. The largest absolute Gasteiger partial charge is 0.323 e. The second kappa shape index (κ2) is 3.55. The van der Waals surface area contributed by atoms with Gasteiger partial charge in [-0.3, -0.25) is 0 Å². The number of nitrogens with two attached hydrogens (primary N) is 1. The van der Waals surface area contributed by atoms with Gasteiger partial charge in [-0.15, -0.1) is 0 Å². The number of halogens is 2. The van der Waals surface area contributed by atoms with Crippen LogP contribution in [-0.2, 0) is 0 Å². The molecule has 0 spiro atoms. The summed E-state index contributed by atoms with van der Waals surface area (Å²) in [6.07, 6.45) is 1.41. The zero-order chi connectivity index (χ0) is 8.27. The molecule has 11 heavy (non-hydrogen) atoms. The number of pyridine rings is 1. The molecular formula is C6H5Cl2N3. The Hall–Kier alpha value is -0.800. The van der Waals surface area contributed by atoms with Gasteiger partial charge >= 0.3 is 0 Å². The van der Waals surface area contributed by atoms with Crippen LogP contribution in [0.1, 0.15) is 5.56 Å². The molecule has 58 valence electrons. The predicted octanol–water partition coefficient (Wildman–Crippen LogP) is 1.68. The molecule has 0 atom stereocenters. The summed E-state index contributed by atoms with van der Waals surface area (Å²) < 4.78 is 0. The molecule has 0 aromatic carbocycles. The van der Waals surface area contributed by atoms with Crippen molar-refractivity contribution in [2.45, 2.75) is 0 Å². The van der Waals surface area contributed by atoms with Gasteiger partial charge in [-0.25, -0.2) is 4.98 Å². The first kappa shape index (κ1) is 8.30. The Kier molecular flexibility index (Phi) is 2.68. The minimum Gasteiger partial charge on any atom is -0.323 e. The van der Waals surface area contributed by atoms with Gasteiger partial charge in [-0.05, 0) is 12.1 Å². The molecule has 0 aliphatic rings. The average molecular weight is 190 g/mol. The summed E-state index contributed by atoms with van der Waals surface area (Å²) in [7, 11) is 0. The van der Waals surface area contributed by atoms with Crippen LogP contribution in [0.3, 0.4) is 0 Å². The monoisotopic (exact) mass is 189 g/mol. The van der Waals surface area contributed by atoms with E-state index in [1.54, 1.807) is 12.1 Å². The third-order valence-electron chi connectivity index (χ3n) is 1.06. The molecule has 1 aromatic rings. The quantitative estimate of drug-likeness (QED) is 0.317. The summed E-state index contributed by atoms with van der Waals surface area (Å²) in [5.74, 6) is 4.92. The number of nitrogens with zero attached hydrogens (tertiary/aromatic N) is 2. The highest BCUT2D eigenvalue weighted by atomic mass is 35.5. The number of hydrazone groups is 1. The van der Waals surface area contributed by atoms with Crippen molar-refractivity contribution in [3.05, 3.63) is 28.0 Å². The lowest BCUT2D eigenvalue weighted by atomic mass is 10.3. The molecule has 3 nitrogen and oxygen atoms in total. The van der Waals surface area contributed by atoms with E-state index in [0.717, 1.165) is 0 Å². The molecule has 5 heteroatoms. The van der Waals surface area contributed by atoms with E-state index in [4.69, 9.17) is 29.0 Å². The van der Waals surface area contributed by atoms with Crippen LogP contribution < -0.4 is 5.84 Å². The molecular weight excluding hydrogens is 185 g/mol. The van der Waals surface area contributed by atoms with E-state index < -0.39 is 0 Å². The normalized spacial score (nSPS) is 10.7. The fraction of sp³-hybridized carbons (Fsp3) is 0. The molecule has 0 bridgehead atoms. The van der Waals surface area contributed by atoms with Crippen LogP contribution in [0, 0.1) is 0 Å². The molecule has 1 heterocycles. The lowest BCUT2D eigenvalue weighted by Gasteiger charge is -1.94. The molecule has 0 aliphatic carbocycles. The Balaban J connectivity index is 3.09. The summed E-state index contributed by atoms with van der Waals surface area (Å²) in [6.45, 7) is 0. The van der Waals surface area contributed by atoms with Crippen LogP contribution in [0.5, 0.6) is 0 Å². The van der Waals surface area contributed by atoms with Crippen molar-refractivity contribution in [1.82, 2.24) is 4.98 Å². The minimum absolute atomic E-state index is 0.298. The molecule has 0 saturated carbocycles. The second-order valence-electron chi connectivity index (χ2n) is 1.79. The van der Waals surface area contributed by atoms with Crippen molar-refractivity contribution in [3.63, 3.8) is 0 Å². The molecule has 0 unspecified atom stereocenters. The standard InChI is InChI=1S/C6H5Cl2N3/c7-5-2-1-4(3-10-9)6(8)11-5/h1-3H,9H2/b10-3+. The molecule has 0 amide bonds. The Bertz CT molecular complexity index is 285. The zero-order valence-corrected chi connectivity index (χ0v) is 6.97. The first-order valence-electron chi connectivity index (χ1n) is 2.79. The van der Waals surface area contributed by atoms with E-state index in [-0.39, 0.29) is 0 Å². The highest BCUT2D eigenvalue weighted by Gasteiger charge is 1.98. The van der Waals surface area contributed by atoms with Crippen molar-refractivity contribution in [2.24, 2.45) is 10.9 Å². The van der Waals surface area contributed by atoms with Crippen molar-refractivity contribution in [2.75, 3.05) is 0 Å². The van der Waals surface area contributed by atoms with Crippen LogP contribution in [0.2, 0.25) is 10.3 Å². The number of aromatic nitrogens is 1. The maximum atomic E-state index is 5.67. The maximum Gasteiger partial charge on any atom is 0.139 e. The first-order chi connectivity index (χ1) is 5.24. The Labute approximate surface area is 73.8 Å². The maximum absolute atomic E-state index is 5.67. The summed E-state index contributed by atoms with van der Waals surface area (Å²) >= 11 is 11.2. The van der Waals surface area contributed by atoms with Gasteiger partial charge in [0.05, 0.1) is 6.21 Å². The summed E-state index contributed by atoms with van der Waals surface area (Å²) in [6, 6.07) is 3.30. The fourth-order valence-corrected chi connectivity index (χ4v) is 0.993. The van der Waals surface area contributed by atoms with Crippen LogP contribution in [0.4, 0.5) is 0 Å². The van der Waals surface area contributed by atoms with E-state index in [1.165, 1.54) is 6.21 Å². The first-order valence-corrected chi connectivity index (χ1v) is 3.55. The third kappa shape index (κ3) is 2.06. The average Bonchev–Trinajstić information content (AvgIpc) is 1.95. The smallest absolute Gasteiger partial charge is 0.139 e. The number of hydrogen-bond acceptors (Lipinski definition) is 3. The Morgan fingerprint density at radius 1 is 1.45 bits per heavy atom. The van der Waals surface area contributed by atoms with Crippen molar-refractivity contribution >= 4 is 29.4 Å². The van der Waals surface area contributed by atoms with Gasteiger partial charge in [-0.1, -0.05) is 23.2 Å². The molecule has 0 aliphatic heterocycles. The summed E-state index contributed by atoms with van der Waals surface area (Å²) in [5.41, 5.74) is 0.651. The summed E-state index contributed by atoms with van der Waals surface area (Å²) in [4.78, 5) is 3.78. The fourth-order valence-electron chi connectivity index (χ4n) is 0.599. The van der Waals surface area contributed by atoms with Crippen LogP contribution in [-0.4, -0.2) is 11.2 Å². The van der Waals surface area contributed by atoms with Crippen LogP contribution >= 0.6 is 23.2 Å². The number of rotatable bonds is 1. The highest BCUT2D eigenvalue weighted by Crippen LogP contribution is 2.14. The predicted molar refractivity (Wildman–Crippen MR) is 46.0 cm³/mol. The molecule has 2 N–H and O–H groups in total. The van der Waals surface area contributed by atoms with E-state index in [2.05, 4.69) is 10.1 Å². The minimum atomic E-state index is 0.298.